The molecular weight excluding hydrogens is 587 g/mol. The van der Waals surface area contributed by atoms with Crippen molar-refractivity contribution < 1.29 is 37.3 Å². The summed E-state index contributed by atoms with van der Waals surface area (Å²) in [5.41, 5.74) is 1.22. The number of carboxylic acids is 1. The van der Waals surface area contributed by atoms with Gasteiger partial charge in [-0.3, -0.25) is 0 Å². The summed E-state index contributed by atoms with van der Waals surface area (Å²) in [6.45, 7) is 4.77. The lowest BCUT2D eigenvalue weighted by atomic mass is 10.0. The van der Waals surface area contributed by atoms with Crippen LogP contribution in [0, 0.1) is 5.92 Å². The molecule has 11 heteroatoms. The second-order valence-electron chi connectivity index (χ2n) is 10.5. The van der Waals surface area contributed by atoms with Gasteiger partial charge in [0.25, 0.3) is 0 Å². The third kappa shape index (κ3) is 7.09. The molecule has 0 aliphatic rings. The van der Waals surface area contributed by atoms with Gasteiger partial charge in [-0.1, -0.05) is 56.3 Å². The van der Waals surface area contributed by atoms with E-state index in [4.69, 9.17) is 14.2 Å². The number of halogens is 3. The van der Waals surface area contributed by atoms with Crippen molar-refractivity contribution in [1.29, 1.82) is 0 Å². The van der Waals surface area contributed by atoms with Crippen LogP contribution < -0.4 is 14.2 Å². The minimum atomic E-state index is -4.97. The van der Waals surface area contributed by atoms with Crippen molar-refractivity contribution in [2.75, 3.05) is 13.7 Å². The Balaban J connectivity index is 1.45. The van der Waals surface area contributed by atoms with E-state index in [1.165, 1.54) is 12.1 Å². The Morgan fingerprint density at radius 3 is 2.33 bits per heavy atom. The third-order valence-electron chi connectivity index (χ3n) is 6.83. The summed E-state index contributed by atoms with van der Waals surface area (Å²) >= 11 is 0. The van der Waals surface area contributed by atoms with Crippen LogP contribution in [-0.2, 0) is 12.8 Å². The number of aromatic nitrogens is 3. The number of hydrogen-bond acceptors (Lipinski definition) is 6. The van der Waals surface area contributed by atoms with Crippen molar-refractivity contribution in [2.24, 2.45) is 5.92 Å². The largest absolute Gasteiger partial charge is 0.497 e. The normalized spacial score (nSPS) is 11.4. The number of aromatic carboxylic acids is 1. The Morgan fingerprint density at radius 2 is 1.64 bits per heavy atom. The first-order valence-corrected chi connectivity index (χ1v) is 14.0. The van der Waals surface area contributed by atoms with Crippen LogP contribution in [0.5, 0.6) is 17.2 Å². The molecule has 1 N–H and O–H groups in total. The van der Waals surface area contributed by atoms with Gasteiger partial charge in [-0.25, -0.2) is 14.5 Å². The molecule has 232 valence electrons. The quantitative estimate of drug-likeness (QED) is 0.161. The van der Waals surface area contributed by atoms with Gasteiger partial charge >= 0.3 is 12.1 Å². The van der Waals surface area contributed by atoms with Gasteiger partial charge < -0.3 is 19.3 Å². The van der Waals surface area contributed by atoms with Crippen LogP contribution in [0.25, 0.3) is 28.2 Å². The second-order valence-corrected chi connectivity index (χ2v) is 10.5. The molecule has 5 rings (SSSR count). The summed E-state index contributed by atoms with van der Waals surface area (Å²) in [6, 6.07) is 25.1. The van der Waals surface area contributed by atoms with Gasteiger partial charge in [0.2, 0.25) is 0 Å². The minimum Gasteiger partial charge on any atom is -0.497 e. The smallest absolute Gasteiger partial charge is 0.434 e. The molecule has 2 heterocycles. The summed E-state index contributed by atoms with van der Waals surface area (Å²) in [6.07, 6.45) is -4.31. The predicted octanol–water partition coefficient (Wildman–Crippen LogP) is 7.94. The lowest BCUT2D eigenvalue weighted by Crippen LogP contribution is -2.18. The van der Waals surface area contributed by atoms with Gasteiger partial charge in [-0.15, -0.1) is 0 Å². The highest BCUT2D eigenvalue weighted by molar-refractivity contribution is 5.89. The zero-order valence-electron chi connectivity index (χ0n) is 24.7. The van der Waals surface area contributed by atoms with Gasteiger partial charge in [-0.05, 0) is 59.5 Å². The highest BCUT2D eigenvalue weighted by atomic mass is 19.4. The molecule has 0 saturated carbocycles. The number of nitrogens with zero attached hydrogens (tertiary/aromatic N) is 3. The highest BCUT2D eigenvalue weighted by Gasteiger charge is 2.41. The molecule has 0 aliphatic heterocycles. The number of carbonyl (C=O) groups is 1. The van der Waals surface area contributed by atoms with Crippen molar-refractivity contribution in [2.45, 2.75) is 26.6 Å². The van der Waals surface area contributed by atoms with Crippen molar-refractivity contribution in [1.82, 2.24) is 14.8 Å². The van der Waals surface area contributed by atoms with Gasteiger partial charge in [0, 0.05) is 11.1 Å². The molecule has 0 saturated heterocycles. The molecule has 0 radical (unpaired) electrons. The van der Waals surface area contributed by atoms with E-state index >= 15 is 0 Å². The van der Waals surface area contributed by atoms with E-state index in [0.29, 0.717) is 46.2 Å². The van der Waals surface area contributed by atoms with Gasteiger partial charge in [0.1, 0.15) is 29.4 Å². The lowest BCUT2D eigenvalue weighted by Gasteiger charge is -2.17. The maximum absolute atomic E-state index is 13.8. The van der Waals surface area contributed by atoms with Gasteiger partial charge in [0.15, 0.2) is 11.5 Å². The number of rotatable bonds is 11. The summed E-state index contributed by atoms with van der Waals surface area (Å²) in [7, 11) is 1.62. The number of pyridine rings is 1. The fourth-order valence-electron chi connectivity index (χ4n) is 4.63. The molecule has 5 aromatic rings. The Labute approximate surface area is 257 Å². The first-order chi connectivity index (χ1) is 21.5. The first kappa shape index (κ1) is 31.1. The molecule has 2 aromatic heterocycles. The number of ether oxygens (including phenoxy) is 3. The molecule has 3 aromatic carbocycles. The fourth-order valence-corrected chi connectivity index (χ4v) is 4.63. The number of hydrogen-bond donors (Lipinski definition) is 1. The Bertz CT molecular complexity index is 1800. The Morgan fingerprint density at radius 1 is 0.911 bits per heavy atom. The zero-order valence-corrected chi connectivity index (χ0v) is 24.7. The topological polar surface area (TPSA) is 95.7 Å². The molecule has 8 nitrogen and oxygen atoms in total. The monoisotopic (exact) mass is 617 g/mol. The number of methoxy groups -OCH3 is 1. The number of para-hydroxylation sites is 1. The van der Waals surface area contributed by atoms with Crippen LogP contribution in [0.1, 0.15) is 35.5 Å². The maximum atomic E-state index is 13.8. The molecule has 0 bridgehead atoms. The van der Waals surface area contributed by atoms with Crippen LogP contribution in [0.15, 0.2) is 91.1 Å². The van der Waals surface area contributed by atoms with E-state index in [0.717, 1.165) is 22.4 Å². The first-order valence-electron chi connectivity index (χ1n) is 14.0. The molecule has 0 fully saturated rings. The number of carboxylic acid groups (broad SMARTS) is 1. The SMILES string of the molecule is COc1ccc(-c2ccc(COc3ccccc3-c3cccc(-n4ncc(C(=O)O)c4C(F)(F)F)n3)c(OCC(C)C)c2)cc1. The number of benzene rings is 3. The number of alkyl halides is 3. The van der Waals surface area contributed by atoms with Crippen LogP contribution in [-0.4, -0.2) is 39.6 Å². The van der Waals surface area contributed by atoms with Crippen LogP contribution in [0.3, 0.4) is 0 Å². The summed E-state index contributed by atoms with van der Waals surface area (Å²) < 4.78 is 59.7. The van der Waals surface area contributed by atoms with Crippen molar-refractivity contribution in [3.63, 3.8) is 0 Å². The average Bonchev–Trinajstić information content (AvgIpc) is 3.50. The third-order valence-corrected chi connectivity index (χ3v) is 6.83. The predicted molar refractivity (Wildman–Crippen MR) is 162 cm³/mol. The van der Waals surface area contributed by atoms with E-state index in [2.05, 4.69) is 23.9 Å². The van der Waals surface area contributed by atoms with E-state index in [1.807, 2.05) is 42.5 Å². The van der Waals surface area contributed by atoms with Crippen LogP contribution in [0.4, 0.5) is 13.2 Å². The highest BCUT2D eigenvalue weighted by Crippen LogP contribution is 2.35. The molecule has 0 unspecified atom stereocenters. The second kappa shape index (κ2) is 13.1. The molecule has 0 atom stereocenters. The molecule has 0 amide bonds. The van der Waals surface area contributed by atoms with Crippen molar-refractivity contribution in [3.8, 4) is 45.5 Å². The maximum Gasteiger partial charge on any atom is 0.434 e. The minimum absolute atomic E-state index is 0.145. The van der Waals surface area contributed by atoms with Crippen LogP contribution in [0.2, 0.25) is 0 Å². The van der Waals surface area contributed by atoms with Gasteiger partial charge in [0.05, 0.1) is 25.6 Å². The van der Waals surface area contributed by atoms with E-state index in [9.17, 15) is 23.1 Å². The summed E-state index contributed by atoms with van der Waals surface area (Å²) in [5, 5.41) is 13.0. The standard InChI is InChI=1S/C34H30F3N3O5/c1-21(2)19-44-30-17-23(22-13-15-25(43-3)16-14-22)11-12-24(30)20-45-29-9-5-4-7-26(29)28-8-6-10-31(39-28)40-32(34(35,36)37)27(18-38-40)33(41)42/h4-18,21H,19-20H2,1-3H3,(H,41,42). The summed E-state index contributed by atoms with van der Waals surface area (Å²) in [5.74, 6) is 0.231. The average molecular weight is 618 g/mol. The molecule has 45 heavy (non-hydrogen) atoms. The lowest BCUT2D eigenvalue weighted by molar-refractivity contribution is -0.143. The fraction of sp³-hybridized carbons (Fsp3) is 0.206. The molecular formula is C34H30F3N3O5. The Hall–Kier alpha value is -5.32. The zero-order chi connectivity index (χ0) is 32.1. The molecule has 0 aliphatic carbocycles. The molecule has 0 spiro atoms. The van der Waals surface area contributed by atoms with Crippen molar-refractivity contribution >= 4 is 5.97 Å². The van der Waals surface area contributed by atoms with Crippen LogP contribution >= 0.6 is 0 Å². The van der Waals surface area contributed by atoms with E-state index < -0.39 is 23.4 Å². The van der Waals surface area contributed by atoms with Crippen molar-refractivity contribution in [3.05, 3.63) is 108 Å². The Kier molecular flexibility index (Phi) is 9.08. The van der Waals surface area contributed by atoms with E-state index in [-0.39, 0.29) is 12.4 Å². The summed E-state index contributed by atoms with van der Waals surface area (Å²) in [4.78, 5) is 15.8. The van der Waals surface area contributed by atoms with E-state index in [1.54, 1.807) is 37.4 Å². The van der Waals surface area contributed by atoms with Gasteiger partial charge in [-0.2, -0.15) is 18.3 Å².